The van der Waals surface area contributed by atoms with Crippen molar-refractivity contribution in [3.63, 3.8) is 0 Å². The Labute approximate surface area is 169 Å². The van der Waals surface area contributed by atoms with E-state index in [4.69, 9.17) is 0 Å². The topological polar surface area (TPSA) is 91.9 Å². The molecule has 0 bridgehead atoms. The number of fused-ring (bicyclic) bond motifs is 1. The van der Waals surface area contributed by atoms with Crippen molar-refractivity contribution in [2.75, 3.05) is 11.9 Å². The van der Waals surface area contributed by atoms with E-state index in [-0.39, 0.29) is 17.7 Å². The molecular formula is C21H24N6O2. The van der Waals surface area contributed by atoms with Gasteiger partial charge in [-0.1, -0.05) is 37.3 Å². The van der Waals surface area contributed by atoms with E-state index in [1.54, 1.807) is 24.2 Å². The molecule has 8 nitrogen and oxygen atoms in total. The lowest BCUT2D eigenvalue weighted by molar-refractivity contribution is -0.124. The van der Waals surface area contributed by atoms with Crippen LogP contribution < -0.4 is 10.2 Å². The molecule has 1 unspecified atom stereocenters. The summed E-state index contributed by atoms with van der Waals surface area (Å²) < 4.78 is 1.81. The Balaban J connectivity index is 1.39. The largest absolute Gasteiger partial charge is 0.339 e. The van der Waals surface area contributed by atoms with E-state index in [0.717, 1.165) is 23.5 Å². The van der Waals surface area contributed by atoms with Crippen LogP contribution in [0.2, 0.25) is 0 Å². The van der Waals surface area contributed by atoms with Crippen LogP contribution in [0.5, 0.6) is 0 Å². The lowest BCUT2D eigenvalue weighted by atomic mass is 9.93. The number of nitrogens with zero attached hydrogens (tertiary/aromatic N) is 5. The summed E-state index contributed by atoms with van der Waals surface area (Å²) in [5.74, 6) is 0.330. The van der Waals surface area contributed by atoms with E-state index in [1.807, 2.05) is 35.0 Å². The Morgan fingerprint density at radius 2 is 2.00 bits per heavy atom. The monoisotopic (exact) mass is 392 g/mol. The second-order valence-electron chi connectivity index (χ2n) is 7.43. The molecule has 2 aliphatic rings. The molecule has 0 spiro atoms. The molecule has 1 aromatic heterocycles. The molecule has 2 atom stereocenters. The molecule has 0 saturated carbocycles. The molecule has 1 aromatic carbocycles. The number of aromatic nitrogens is 2. The maximum Gasteiger partial charge on any atom is 0.268 e. The smallest absolute Gasteiger partial charge is 0.268 e. The van der Waals surface area contributed by atoms with E-state index in [9.17, 15) is 9.59 Å². The van der Waals surface area contributed by atoms with Crippen molar-refractivity contribution >= 4 is 29.1 Å². The fourth-order valence-electron chi connectivity index (χ4n) is 3.74. The number of nitrogens with one attached hydrogen (secondary N) is 1. The van der Waals surface area contributed by atoms with Crippen LogP contribution in [0.4, 0.5) is 5.82 Å². The second kappa shape index (κ2) is 7.98. The first-order valence-electron chi connectivity index (χ1n) is 9.83. The maximum atomic E-state index is 12.9. The number of hydrogen-bond donors (Lipinski definition) is 1. The first kappa shape index (κ1) is 19.0. The molecule has 2 amide bonds. The zero-order valence-corrected chi connectivity index (χ0v) is 16.6. The van der Waals surface area contributed by atoms with Crippen molar-refractivity contribution in [2.45, 2.75) is 44.7 Å². The highest BCUT2D eigenvalue weighted by Crippen LogP contribution is 2.22. The van der Waals surface area contributed by atoms with Gasteiger partial charge >= 0.3 is 0 Å². The quantitative estimate of drug-likeness (QED) is 0.864. The Hall–Kier alpha value is -3.29. The fraction of sp³-hybridized carbons (Fsp3) is 0.381. The van der Waals surface area contributed by atoms with E-state index < -0.39 is 6.04 Å². The first-order valence-corrected chi connectivity index (χ1v) is 9.83. The Bertz CT molecular complexity index is 978. The summed E-state index contributed by atoms with van der Waals surface area (Å²) >= 11 is 0. The standard InChI is InChI=1S/C21H24N6O2/c1-14(15-7-4-3-5-8-15)17-13-18(25-24-17)20(28)23-16-9-6-12-27-19(10-11-22-27)26(2)21(16)29/h3-5,7-8,10-11,14,16H,6,9,12-13H2,1-2H3,(H,23,28)/t14?,16-/m0/s1. The third-order valence-electron chi connectivity index (χ3n) is 5.54. The molecular weight excluding hydrogens is 368 g/mol. The van der Waals surface area contributed by atoms with Gasteiger partial charge in [-0.15, -0.1) is 5.10 Å². The minimum Gasteiger partial charge on any atom is -0.339 e. The maximum absolute atomic E-state index is 12.9. The Morgan fingerprint density at radius 1 is 1.21 bits per heavy atom. The molecule has 0 fully saturated rings. The summed E-state index contributed by atoms with van der Waals surface area (Å²) in [6.07, 6.45) is 3.37. The Morgan fingerprint density at radius 3 is 2.79 bits per heavy atom. The number of aryl methyl sites for hydroxylation is 1. The summed E-state index contributed by atoms with van der Waals surface area (Å²) in [6.45, 7) is 2.76. The van der Waals surface area contributed by atoms with Gasteiger partial charge in [0, 0.05) is 32.0 Å². The van der Waals surface area contributed by atoms with Crippen LogP contribution in [0.15, 0.2) is 52.8 Å². The van der Waals surface area contributed by atoms with Gasteiger partial charge in [-0.3, -0.25) is 14.5 Å². The predicted molar refractivity (Wildman–Crippen MR) is 111 cm³/mol. The normalized spacial score (nSPS) is 20.3. The highest BCUT2D eigenvalue weighted by molar-refractivity contribution is 6.43. The van der Waals surface area contributed by atoms with Crippen LogP contribution in [-0.4, -0.2) is 46.1 Å². The van der Waals surface area contributed by atoms with E-state index in [2.05, 4.69) is 27.5 Å². The zero-order valence-electron chi connectivity index (χ0n) is 16.6. The number of carbonyl (C=O) groups is 2. The summed E-state index contributed by atoms with van der Waals surface area (Å²) in [4.78, 5) is 27.2. The van der Waals surface area contributed by atoms with Gasteiger partial charge in [-0.25, -0.2) is 4.68 Å². The van der Waals surface area contributed by atoms with Gasteiger partial charge in [0.15, 0.2) is 0 Å². The van der Waals surface area contributed by atoms with Crippen LogP contribution in [0.25, 0.3) is 0 Å². The fourth-order valence-corrected chi connectivity index (χ4v) is 3.74. The molecule has 29 heavy (non-hydrogen) atoms. The molecule has 8 heteroatoms. The number of likely N-dealkylation sites (N-methyl/N-ethyl adjacent to an activating group) is 1. The van der Waals surface area contributed by atoms with Crippen molar-refractivity contribution in [2.24, 2.45) is 10.2 Å². The van der Waals surface area contributed by atoms with Crippen molar-refractivity contribution in [1.29, 1.82) is 0 Å². The highest BCUT2D eigenvalue weighted by Gasteiger charge is 2.31. The first-order chi connectivity index (χ1) is 14.0. The van der Waals surface area contributed by atoms with Crippen LogP contribution in [0, 0.1) is 0 Å². The Kier molecular flexibility index (Phi) is 5.24. The number of rotatable bonds is 4. The molecule has 2 aromatic rings. The van der Waals surface area contributed by atoms with Gasteiger partial charge < -0.3 is 5.32 Å². The van der Waals surface area contributed by atoms with Gasteiger partial charge in [0.2, 0.25) is 5.91 Å². The SMILES string of the molecule is CC(C1=NN=C(C(=O)N[C@H]2CCCn3nccc3N(C)C2=O)C1)c1ccccc1. The van der Waals surface area contributed by atoms with Gasteiger partial charge in [0.25, 0.3) is 5.91 Å². The summed E-state index contributed by atoms with van der Waals surface area (Å²) in [5, 5.41) is 15.4. The van der Waals surface area contributed by atoms with Crippen LogP contribution in [0.1, 0.15) is 37.7 Å². The second-order valence-corrected chi connectivity index (χ2v) is 7.43. The van der Waals surface area contributed by atoms with Crippen LogP contribution >= 0.6 is 0 Å². The van der Waals surface area contributed by atoms with Crippen molar-refractivity contribution in [1.82, 2.24) is 15.1 Å². The molecule has 0 aliphatic carbocycles. The van der Waals surface area contributed by atoms with E-state index in [0.29, 0.717) is 25.1 Å². The average Bonchev–Trinajstić information content (AvgIpc) is 3.41. The molecule has 150 valence electrons. The zero-order chi connectivity index (χ0) is 20.4. The van der Waals surface area contributed by atoms with Crippen molar-refractivity contribution in [3.8, 4) is 0 Å². The highest BCUT2D eigenvalue weighted by atomic mass is 16.2. The third kappa shape index (κ3) is 3.83. The minimum absolute atomic E-state index is 0.0831. The number of benzene rings is 1. The van der Waals surface area contributed by atoms with Gasteiger partial charge in [0.05, 0.1) is 11.9 Å². The van der Waals surface area contributed by atoms with Gasteiger partial charge in [0.1, 0.15) is 17.6 Å². The number of amides is 2. The summed E-state index contributed by atoms with van der Waals surface area (Å²) in [6, 6.07) is 11.2. The van der Waals surface area contributed by atoms with E-state index >= 15 is 0 Å². The molecule has 1 N–H and O–H groups in total. The molecule has 3 heterocycles. The predicted octanol–water partition coefficient (Wildman–Crippen LogP) is 2.13. The molecule has 4 rings (SSSR count). The summed E-state index contributed by atoms with van der Waals surface area (Å²) in [7, 11) is 1.70. The van der Waals surface area contributed by atoms with Crippen molar-refractivity contribution in [3.05, 3.63) is 48.2 Å². The number of anilines is 1. The van der Waals surface area contributed by atoms with E-state index in [1.165, 1.54) is 0 Å². The average molecular weight is 392 g/mol. The molecule has 0 saturated heterocycles. The van der Waals surface area contributed by atoms with Crippen LogP contribution in [-0.2, 0) is 16.1 Å². The summed E-state index contributed by atoms with van der Waals surface area (Å²) in [5.41, 5.74) is 2.34. The number of hydrogen-bond acceptors (Lipinski definition) is 5. The third-order valence-corrected chi connectivity index (χ3v) is 5.54. The lowest BCUT2D eigenvalue weighted by Crippen LogP contribution is -2.50. The van der Waals surface area contributed by atoms with Crippen LogP contribution in [0.3, 0.4) is 0 Å². The van der Waals surface area contributed by atoms with Gasteiger partial charge in [-0.05, 0) is 18.4 Å². The molecule has 0 radical (unpaired) electrons. The molecule has 2 aliphatic heterocycles. The van der Waals surface area contributed by atoms with Crippen molar-refractivity contribution < 1.29 is 9.59 Å². The van der Waals surface area contributed by atoms with Gasteiger partial charge in [-0.2, -0.15) is 10.2 Å². The number of carbonyl (C=O) groups excluding carboxylic acids is 2. The lowest BCUT2D eigenvalue weighted by Gasteiger charge is -2.27. The minimum atomic E-state index is -0.588.